The van der Waals surface area contributed by atoms with Crippen molar-refractivity contribution < 1.29 is 4.79 Å². The molecule has 0 saturated carbocycles. The fourth-order valence-corrected chi connectivity index (χ4v) is 3.16. The monoisotopic (exact) mass is 258 g/mol. The predicted molar refractivity (Wildman–Crippen MR) is 66.2 cm³/mol. The molecule has 1 aliphatic carbocycles. The number of hydrogen-bond donors (Lipinski definition) is 1. The zero-order valence-corrected chi connectivity index (χ0v) is 10.7. The van der Waals surface area contributed by atoms with Crippen LogP contribution in [0, 0.1) is 0 Å². The Hall–Kier alpha value is -0.610. The lowest BCUT2D eigenvalue weighted by Gasteiger charge is -2.01. The van der Waals surface area contributed by atoms with Crippen LogP contribution in [0.2, 0.25) is 0 Å². The van der Waals surface area contributed by atoms with Crippen molar-refractivity contribution in [2.45, 2.75) is 32.1 Å². The SMILES string of the molecule is O=C(CCCl)NCCc1nc2c(s1)CCC2. The topological polar surface area (TPSA) is 42.0 Å². The third-order valence-corrected chi connectivity index (χ3v) is 4.03. The van der Waals surface area contributed by atoms with Gasteiger partial charge in [-0.15, -0.1) is 22.9 Å². The highest BCUT2D eigenvalue weighted by Gasteiger charge is 2.16. The first-order valence-electron chi connectivity index (χ1n) is 5.59. The van der Waals surface area contributed by atoms with E-state index in [-0.39, 0.29) is 5.91 Å². The number of amides is 1. The van der Waals surface area contributed by atoms with Gasteiger partial charge in [0.15, 0.2) is 0 Å². The van der Waals surface area contributed by atoms with E-state index in [1.165, 1.54) is 23.4 Å². The van der Waals surface area contributed by atoms with Crippen LogP contribution in [0.5, 0.6) is 0 Å². The van der Waals surface area contributed by atoms with Crippen molar-refractivity contribution in [2.75, 3.05) is 12.4 Å². The maximum absolute atomic E-state index is 11.2. The number of thiazole rings is 1. The highest BCUT2D eigenvalue weighted by atomic mass is 35.5. The van der Waals surface area contributed by atoms with Gasteiger partial charge in [-0.1, -0.05) is 0 Å². The first kappa shape index (κ1) is 11.9. The number of aromatic nitrogens is 1. The molecular formula is C11H15ClN2OS. The van der Waals surface area contributed by atoms with Gasteiger partial charge in [0.2, 0.25) is 5.91 Å². The molecule has 0 unspecified atom stereocenters. The van der Waals surface area contributed by atoms with Gasteiger partial charge in [-0.05, 0) is 19.3 Å². The molecule has 0 radical (unpaired) electrons. The average Bonchev–Trinajstić information content (AvgIpc) is 2.78. The van der Waals surface area contributed by atoms with E-state index in [0.29, 0.717) is 18.8 Å². The molecule has 2 rings (SSSR count). The number of carbonyl (C=O) groups excluding carboxylic acids is 1. The first-order chi connectivity index (χ1) is 7.79. The standard InChI is InChI=1S/C11H15ClN2OS/c12-6-4-10(15)13-7-5-11-14-8-2-1-3-9(8)16-11/h1-7H2,(H,13,15). The highest BCUT2D eigenvalue weighted by molar-refractivity contribution is 7.11. The van der Waals surface area contributed by atoms with Crippen LogP contribution in [0.3, 0.4) is 0 Å². The molecule has 5 heteroatoms. The molecule has 0 bridgehead atoms. The number of nitrogens with one attached hydrogen (secondary N) is 1. The maximum atomic E-state index is 11.2. The molecule has 0 aromatic carbocycles. The van der Waals surface area contributed by atoms with Gasteiger partial charge in [0.25, 0.3) is 0 Å². The van der Waals surface area contributed by atoms with Crippen LogP contribution in [0.25, 0.3) is 0 Å². The summed E-state index contributed by atoms with van der Waals surface area (Å²) in [6.45, 7) is 0.669. The summed E-state index contributed by atoms with van der Waals surface area (Å²) in [6.07, 6.45) is 4.80. The molecule has 0 saturated heterocycles. The second kappa shape index (κ2) is 5.64. The lowest BCUT2D eigenvalue weighted by Crippen LogP contribution is -2.25. The Balaban J connectivity index is 1.75. The van der Waals surface area contributed by atoms with Crippen LogP contribution in [-0.2, 0) is 24.1 Å². The van der Waals surface area contributed by atoms with Crippen molar-refractivity contribution in [3.05, 3.63) is 15.6 Å². The molecule has 1 aromatic rings. The average molecular weight is 259 g/mol. The number of halogens is 1. The van der Waals surface area contributed by atoms with Gasteiger partial charge in [0, 0.05) is 30.1 Å². The smallest absolute Gasteiger partial charge is 0.221 e. The van der Waals surface area contributed by atoms with E-state index in [1.807, 2.05) is 0 Å². The number of rotatable bonds is 5. The largest absolute Gasteiger partial charge is 0.356 e. The van der Waals surface area contributed by atoms with Crippen molar-refractivity contribution in [3.63, 3.8) is 0 Å². The molecule has 1 N–H and O–H groups in total. The molecule has 1 heterocycles. The fraction of sp³-hybridized carbons (Fsp3) is 0.636. The zero-order chi connectivity index (χ0) is 11.4. The number of carbonyl (C=O) groups is 1. The Kier molecular flexibility index (Phi) is 4.18. The second-order valence-electron chi connectivity index (χ2n) is 3.87. The highest BCUT2D eigenvalue weighted by Crippen LogP contribution is 2.27. The summed E-state index contributed by atoms with van der Waals surface area (Å²) in [6, 6.07) is 0. The predicted octanol–water partition coefficient (Wildman–Crippen LogP) is 1.92. The number of alkyl halides is 1. The van der Waals surface area contributed by atoms with Gasteiger partial charge >= 0.3 is 0 Å². The van der Waals surface area contributed by atoms with Gasteiger partial charge in [0.1, 0.15) is 0 Å². The molecule has 0 spiro atoms. The Morgan fingerprint density at radius 1 is 1.50 bits per heavy atom. The zero-order valence-electron chi connectivity index (χ0n) is 9.09. The molecule has 3 nitrogen and oxygen atoms in total. The lowest BCUT2D eigenvalue weighted by atomic mass is 10.3. The molecule has 1 aromatic heterocycles. The van der Waals surface area contributed by atoms with Crippen molar-refractivity contribution in [1.82, 2.24) is 10.3 Å². The number of aryl methyl sites for hydroxylation is 2. The van der Waals surface area contributed by atoms with Crippen LogP contribution in [-0.4, -0.2) is 23.3 Å². The normalized spacial score (nSPS) is 13.8. The summed E-state index contributed by atoms with van der Waals surface area (Å²) < 4.78 is 0. The van der Waals surface area contributed by atoms with E-state index in [0.717, 1.165) is 17.8 Å². The summed E-state index contributed by atoms with van der Waals surface area (Å²) in [5.41, 5.74) is 1.28. The van der Waals surface area contributed by atoms with Gasteiger partial charge < -0.3 is 5.32 Å². The van der Waals surface area contributed by atoms with E-state index in [9.17, 15) is 4.79 Å². The van der Waals surface area contributed by atoms with Gasteiger partial charge in [-0.3, -0.25) is 4.79 Å². The molecule has 88 valence electrons. The Morgan fingerprint density at radius 3 is 3.12 bits per heavy atom. The second-order valence-corrected chi connectivity index (χ2v) is 5.42. The quantitative estimate of drug-likeness (QED) is 0.820. The number of hydrogen-bond acceptors (Lipinski definition) is 3. The van der Waals surface area contributed by atoms with Crippen LogP contribution < -0.4 is 5.32 Å². The molecule has 16 heavy (non-hydrogen) atoms. The molecule has 0 fully saturated rings. The Labute approximate surface area is 104 Å². The van der Waals surface area contributed by atoms with Crippen LogP contribution in [0.1, 0.15) is 28.4 Å². The molecular weight excluding hydrogens is 244 g/mol. The van der Waals surface area contributed by atoms with Gasteiger partial charge in [-0.25, -0.2) is 4.98 Å². The maximum Gasteiger partial charge on any atom is 0.221 e. The lowest BCUT2D eigenvalue weighted by molar-refractivity contribution is -0.120. The van der Waals surface area contributed by atoms with E-state index in [2.05, 4.69) is 10.3 Å². The minimum atomic E-state index is 0.0269. The van der Waals surface area contributed by atoms with Gasteiger partial charge in [-0.2, -0.15) is 0 Å². The molecule has 0 atom stereocenters. The summed E-state index contributed by atoms with van der Waals surface area (Å²) in [5.74, 6) is 0.413. The Bertz CT molecular complexity index is 357. The van der Waals surface area contributed by atoms with E-state index in [1.54, 1.807) is 11.3 Å². The summed E-state index contributed by atoms with van der Waals surface area (Å²) in [7, 11) is 0. The van der Waals surface area contributed by atoms with E-state index in [4.69, 9.17) is 11.6 Å². The molecule has 1 amide bonds. The Morgan fingerprint density at radius 2 is 2.38 bits per heavy atom. The van der Waals surface area contributed by atoms with Crippen molar-refractivity contribution in [3.8, 4) is 0 Å². The van der Waals surface area contributed by atoms with Crippen molar-refractivity contribution >= 4 is 28.8 Å². The fourth-order valence-electron chi connectivity index (χ4n) is 1.83. The van der Waals surface area contributed by atoms with Gasteiger partial charge in [0.05, 0.1) is 10.7 Å². The van der Waals surface area contributed by atoms with E-state index >= 15 is 0 Å². The van der Waals surface area contributed by atoms with Crippen LogP contribution in [0.15, 0.2) is 0 Å². The summed E-state index contributed by atoms with van der Waals surface area (Å²) in [5, 5.41) is 3.99. The molecule has 1 aliphatic rings. The van der Waals surface area contributed by atoms with Crippen LogP contribution in [0.4, 0.5) is 0 Å². The third kappa shape index (κ3) is 2.95. The minimum absolute atomic E-state index is 0.0269. The third-order valence-electron chi connectivity index (χ3n) is 2.62. The molecule has 0 aliphatic heterocycles. The summed E-state index contributed by atoms with van der Waals surface area (Å²) in [4.78, 5) is 17.2. The number of nitrogens with zero attached hydrogens (tertiary/aromatic N) is 1. The number of fused-ring (bicyclic) bond motifs is 1. The van der Waals surface area contributed by atoms with Crippen LogP contribution >= 0.6 is 22.9 Å². The van der Waals surface area contributed by atoms with Crippen molar-refractivity contribution in [1.29, 1.82) is 0 Å². The van der Waals surface area contributed by atoms with Crippen molar-refractivity contribution in [2.24, 2.45) is 0 Å². The summed E-state index contributed by atoms with van der Waals surface area (Å²) >= 11 is 7.27. The minimum Gasteiger partial charge on any atom is -0.356 e. The van der Waals surface area contributed by atoms with E-state index < -0.39 is 0 Å². The first-order valence-corrected chi connectivity index (χ1v) is 6.95.